The summed E-state index contributed by atoms with van der Waals surface area (Å²) in [4.78, 5) is 16.6. The molecule has 0 radical (unpaired) electrons. The molecule has 0 saturated carbocycles. The normalized spacial score (nSPS) is 15.2. The van der Waals surface area contributed by atoms with Crippen LogP contribution in [0.3, 0.4) is 0 Å². The first-order valence-corrected chi connectivity index (χ1v) is 9.74. The van der Waals surface area contributed by atoms with Crippen LogP contribution < -0.4 is 10.3 Å². The first kappa shape index (κ1) is 19.4. The van der Waals surface area contributed by atoms with Crippen LogP contribution >= 0.6 is 15.9 Å². The number of aromatic hydroxyl groups is 1. The number of amides is 1. The van der Waals surface area contributed by atoms with Gasteiger partial charge in [-0.2, -0.15) is 5.10 Å². The summed E-state index contributed by atoms with van der Waals surface area (Å²) in [5.74, 6) is 0.0677. The molecule has 0 unspecified atom stereocenters. The number of hydrogen-bond donors (Lipinski definition) is 2. The maximum absolute atomic E-state index is 12.0. The third-order valence-electron chi connectivity index (χ3n) is 4.52. The molecule has 1 aliphatic heterocycles. The van der Waals surface area contributed by atoms with Crippen LogP contribution in [0, 0.1) is 0 Å². The van der Waals surface area contributed by atoms with Crippen LogP contribution in [0.25, 0.3) is 0 Å². The molecule has 142 valence electrons. The maximum atomic E-state index is 12.0. The summed E-state index contributed by atoms with van der Waals surface area (Å²) in [5.41, 5.74) is 4.60. The highest BCUT2D eigenvalue weighted by molar-refractivity contribution is 9.10. The van der Waals surface area contributed by atoms with E-state index in [4.69, 9.17) is 0 Å². The van der Waals surface area contributed by atoms with Crippen molar-refractivity contribution in [2.24, 2.45) is 5.10 Å². The van der Waals surface area contributed by atoms with Gasteiger partial charge in [0.1, 0.15) is 5.75 Å². The van der Waals surface area contributed by atoms with E-state index >= 15 is 0 Å². The van der Waals surface area contributed by atoms with Gasteiger partial charge in [-0.3, -0.25) is 9.69 Å². The van der Waals surface area contributed by atoms with Gasteiger partial charge < -0.3 is 10.0 Å². The molecule has 1 heterocycles. The average Bonchev–Trinajstić information content (AvgIpc) is 2.70. The van der Waals surface area contributed by atoms with Crippen LogP contribution in [-0.2, 0) is 4.79 Å². The Kier molecular flexibility index (Phi) is 6.84. The van der Waals surface area contributed by atoms with Crippen LogP contribution in [-0.4, -0.2) is 54.9 Å². The smallest absolute Gasteiger partial charge is 0.241 e. The van der Waals surface area contributed by atoms with Gasteiger partial charge in [-0.1, -0.05) is 18.2 Å². The van der Waals surface area contributed by atoms with Crippen LogP contribution in [0.4, 0.5) is 5.69 Å². The highest BCUT2D eigenvalue weighted by Gasteiger charge is 2.17. The third-order valence-corrected chi connectivity index (χ3v) is 5.16. The third kappa shape index (κ3) is 5.80. The lowest BCUT2D eigenvalue weighted by atomic mass is 10.2. The van der Waals surface area contributed by atoms with Gasteiger partial charge in [0.2, 0.25) is 5.91 Å². The van der Waals surface area contributed by atoms with Gasteiger partial charge in [0, 0.05) is 44.8 Å². The lowest BCUT2D eigenvalue weighted by Crippen LogP contribution is -2.47. The maximum Gasteiger partial charge on any atom is 0.241 e. The van der Waals surface area contributed by atoms with E-state index in [1.54, 1.807) is 24.4 Å². The summed E-state index contributed by atoms with van der Waals surface area (Å²) < 4.78 is 0.590. The Bertz CT molecular complexity index is 790. The predicted molar refractivity (Wildman–Crippen MR) is 111 cm³/mol. The summed E-state index contributed by atoms with van der Waals surface area (Å²) >= 11 is 3.25. The van der Waals surface area contributed by atoms with E-state index in [1.807, 2.05) is 6.07 Å². The number of hydrazone groups is 1. The number of carbonyl (C=O) groups excluding carboxylic acids is 1. The molecule has 0 bridgehead atoms. The Labute approximate surface area is 167 Å². The van der Waals surface area contributed by atoms with E-state index in [0.29, 0.717) is 10.9 Å². The van der Waals surface area contributed by atoms with Crippen molar-refractivity contribution in [3.63, 3.8) is 0 Å². The van der Waals surface area contributed by atoms with Crippen molar-refractivity contribution in [2.75, 3.05) is 37.6 Å². The zero-order valence-corrected chi connectivity index (χ0v) is 16.6. The number of nitrogens with one attached hydrogen (secondary N) is 1. The fourth-order valence-corrected chi connectivity index (χ4v) is 3.36. The highest BCUT2D eigenvalue weighted by atomic mass is 79.9. The largest absolute Gasteiger partial charge is 0.507 e. The molecule has 3 rings (SSSR count). The molecule has 1 aliphatic rings. The van der Waals surface area contributed by atoms with E-state index in [0.717, 1.165) is 38.3 Å². The van der Waals surface area contributed by atoms with Crippen molar-refractivity contribution in [2.45, 2.75) is 6.42 Å². The minimum absolute atomic E-state index is 0.102. The summed E-state index contributed by atoms with van der Waals surface area (Å²) in [5, 5.41) is 13.4. The van der Waals surface area contributed by atoms with Crippen LogP contribution in [0.1, 0.15) is 12.0 Å². The SMILES string of the molecule is O=C(CCN1CCN(c2ccccc2)CC1)N/N=C/c1ccc(O)c(Br)c1. The molecule has 0 spiro atoms. The van der Waals surface area contributed by atoms with Gasteiger partial charge in [-0.15, -0.1) is 0 Å². The van der Waals surface area contributed by atoms with Crippen molar-refractivity contribution in [1.82, 2.24) is 10.3 Å². The second-order valence-electron chi connectivity index (χ2n) is 6.42. The summed E-state index contributed by atoms with van der Waals surface area (Å²) in [6, 6.07) is 15.4. The zero-order chi connectivity index (χ0) is 19.1. The quantitative estimate of drug-likeness (QED) is 0.546. The van der Waals surface area contributed by atoms with E-state index < -0.39 is 0 Å². The number of rotatable bonds is 6. The number of phenols is 1. The number of phenolic OH excluding ortho intramolecular Hbond substituents is 1. The number of nitrogens with zero attached hydrogens (tertiary/aromatic N) is 3. The van der Waals surface area contributed by atoms with Gasteiger partial charge in [-0.05, 0) is 51.8 Å². The van der Waals surface area contributed by atoms with Crippen molar-refractivity contribution in [3.8, 4) is 5.75 Å². The lowest BCUT2D eigenvalue weighted by Gasteiger charge is -2.36. The Balaban J connectivity index is 1.37. The van der Waals surface area contributed by atoms with Gasteiger partial charge in [-0.25, -0.2) is 5.43 Å². The molecule has 2 aromatic rings. The molecule has 1 saturated heterocycles. The second-order valence-corrected chi connectivity index (χ2v) is 7.27. The highest BCUT2D eigenvalue weighted by Crippen LogP contribution is 2.23. The predicted octanol–water partition coefficient (Wildman–Crippen LogP) is 2.82. The molecular weight excluding hydrogens is 408 g/mol. The summed E-state index contributed by atoms with van der Waals surface area (Å²) in [6.07, 6.45) is 1.97. The average molecular weight is 431 g/mol. The van der Waals surface area contributed by atoms with Crippen LogP contribution in [0.15, 0.2) is 58.1 Å². The topological polar surface area (TPSA) is 68.2 Å². The number of carbonyl (C=O) groups is 1. The molecule has 0 atom stereocenters. The Morgan fingerprint density at radius 3 is 2.59 bits per heavy atom. The zero-order valence-electron chi connectivity index (χ0n) is 15.0. The molecule has 6 nitrogen and oxygen atoms in total. The van der Waals surface area contributed by atoms with Crippen molar-refractivity contribution >= 4 is 33.7 Å². The molecule has 2 aromatic carbocycles. The van der Waals surface area contributed by atoms with Gasteiger partial charge in [0.05, 0.1) is 10.7 Å². The van der Waals surface area contributed by atoms with E-state index in [1.165, 1.54) is 5.69 Å². The second kappa shape index (κ2) is 9.53. The minimum Gasteiger partial charge on any atom is -0.507 e. The van der Waals surface area contributed by atoms with E-state index in [9.17, 15) is 9.90 Å². The molecule has 27 heavy (non-hydrogen) atoms. The number of piperazine rings is 1. The lowest BCUT2D eigenvalue weighted by molar-refractivity contribution is -0.121. The Morgan fingerprint density at radius 2 is 1.89 bits per heavy atom. The fourth-order valence-electron chi connectivity index (χ4n) is 2.97. The van der Waals surface area contributed by atoms with Gasteiger partial charge in [0.25, 0.3) is 0 Å². The standard InChI is InChI=1S/C20H23BrN4O2/c21-18-14-16(6-7-19(18)26)15-22-23-20(27)8-9-24-10-12-25(13-11-24)17-4-2-1-3-5-17/h1-7,14-15,26H,8-13H2,(H,23,27)/b22-15+. The molecule has 0 aromatic heterocycles. The Hall–Kier alpha value is -2.38. The van der Waals surface area contributed by atoms with Crippen molar-refractivity contribution in [1.29, 1.82) is 0 Å². The molecule has 2 N–H and O–H groups in total. The fraction of sp³-hybridized carbons (Fsp3) is 0.300. The monoisotopic (exact) mass is 430 g/mol. The molecular formula is C20H23BrN4O2. The number of hydrogen-bond acceptors (Lipinski definition) is 5. The number of halogens is 1. The summed E-state index contributed by atoms with van der Waals surface area (Å²) in [6.45, 7) is 4.58. The molecule has 1 fully saturated rings. The number of anilines is 1. The molecule has 1 amide bonds. The first-order chi connectivity index (χ1) is 13.1. The number of benzene rings is 2. The molecule has 0 aliphatic carbocycles. The summed E-state index contributed by atoms with van der Waals surface area (Å²) in [7, 11) is 0. The van der Waals surface area contributed by atoms with Crippen LogP contribution in [0.2, 0.25) is 0 Å². The first-order valence-electron chi connectivity index (χ1n) is 8.94. The minimum atomic E-state index is -0.102. The van der Waals surface area contributed by atoms with Gasteiger partial charge >= 0.3 is 0 Å². The van der Waals surface area contributed by atoms with Gasteiger partial charge in [0.15, 0.2) is 0 Å². The Morgan fingerprint density at radius 1 is 1.15 bits per heavy atom. The van der Waals surface area contributed by atoms with Crippen molar-refractivity contribution in [3.05, 3.63) is 58.6 Å². The van der Waals surface area contributed by atoms with Crippen molar-refractivity contribution < 1.29 is 9.90 Å². The number of para-hydroxylation sites is 1. The molecule has 7 heteroatoms. The van der Waals surface area contributed by atoms with E-state index in [-0.39, 0.29) is 11.7 Å². The van der Waals surface area contributed by atoms with Crippen LogP contribution in [0.5, 0.6) is 5.75 Å². The van der Waals surface area contributed by atoms with E-state index in [2.05, 4.69) is 60.5 Å².